The van der Waals surface area contributed by atoms with Gasteiger partial charge in [-0.15, -0.1) is 0 Å². The number of fused-ring (bicyclic) bond motifs is 2. The first-order valence-corrected chi connectivity index (χ1v) is 11.1. The van der Waals surface area contributed by atoms with Gasteiger partial charge in [0.25, 0.3) is 0 Å². The van der Waals surface area contributed by atoms with Crippen LogP contribution in [0, 0.1) is 0 Å². The predicted molar refractivity (Wildman–Crippen MR) is 121 cm³/mol. The van der Waals surface area contributed by atoms with E-state index in [9.17, 15) is 4.79 Å². The average molecular weight is 401 g/mol. The lowest BCUT2D eigenvalue weighted by Gasteiger charge is -2.29. The molecule has 5 rings (SSSR count). The van der Waals surface area contributed by atoms with Crippen molar-refractivity contribution >= 4 is 22.3 Å². The van der Waals surface area contributed by atoms with Crippen molar-refractivity contribution in [3.63, 3.8) is 0 Å². The van der Waals surface area contributed by atoms with E-state index in [4.69, 9.17) is 4.74 Å². The van der Waals surface area contributed by atoms with Gasteiger partial charge in [-0.3, -0.25) is 9.69 Å². The molecule has 3 heterocycles. The molecule has 1 unspecified atom stereocenters. The van der Waals surface area contributed by atoms with Gasteiger partial charge in [-0.05, 0) is 68.1 Å². The van der Waals surface area contributed by atoms with Crippen molar-refractivity contribution in [1.82, 2.24) is 9.88 Å². The first kappa shape index (κ1) is 19.1. The van der Waals surface area contributed by atoms with Crippen LogP contribution in [0.1, 0.15) is 54.1 Å². The molecule has 0 bridgehead atoms. The normalized spacial score (nSPS) is 19.0. The van der Waals surface area contributed by atoms with E-state index in [0.29, 0.717) is 29.5 Å². The number of benzene rings is 2. The van der Waals surface area contributed by atoms with Crippen LogP contribution in [0.4, 0.5) is 0 Å². The van der Waals surface area contributed by atoms with Crippen molar-refractivity contribution in [3.05, 3.63) is 71.4 Å². The molecule has 1 aromatic heterocycles. The molecule has 1 N–H and O–H groups in total. The summed E-state index contributed by atoms with van der Waals surface area (Å²) in [6.45, 7) is 4.93. The van der Waals surface area contributed by atoms with Gasteiger partial charge < -0.3 is 9.72 Å². The summed E-state index contributed by atoms with van der Waals surface area (Å²) in [5, 5.41) is 1.13. The molecule has 0 radical (unpaired) electrons. The Morgan fingerprint density at radius 1 is 1.23 bits per heavy atom. The second kappa shape index (κ2) is 8.11. The fourth-order valence-electron chi connectivity index (χ4n) is 4.83. The molecule has 1 atom stereocenters. The SMILES string of the molecule is CCCOc1ccccc1C(=O)c1ccc2[nH]cc(C3=CCN4CCCC4C3)c2c1. The zero-order chi connectivity index (χ0) is 20.5. The summed E-state index contributed by atoms with van der Waals surface area (Å²) in [6, 6.07) is 14.2. The highest BCUT2D eigenvalue weighted by Crippen LogP contribution is 2.35. The van der Waals surface area contributed by atoms with Crippen LogP contribution in [0.2, 0.25) is 0 Å². The predicted octanol–water partition coefficient (Wildman–Crippen LogP) is 5.44. The minimum atomic E-state index is 0.00958. The molecule has 30 heavy (non-hydrogen) atoms. The quantitative estimate of drug-likeness (QED) is 0.561. The molecule has 3 aromatic rings. The van der Waals surface area contributed by atoms with E-state index in [-0.39, 0.29) is 5.78 Å². The van der Waals surface area contributed by atoms with E-state index in [1.54, 1.807) is 0 Å². The molecular formula is C26H28N2O2. The minimum Gasteiger partial charge on any atom is -0.493 e. The number of nitrogens with one attached hydrogen (secondary N) is 1. The van der Waals surface area contributed by atoms with Crippen LogP contribution in [0.3, 0.4) is 0 Å². The minimum absolute atomic E-state index is 0.00958. The molecule has 2 aliphatic rings. The molecule has 0 saturated carbocycles. The molecule has 2 aromatic carbocycles. The Bertz CT molecular complexity index is 1110. The van der Waals surface area contributed by atoms with Gasteiger partial charge in [0.2, 0.25) is 0 Å². The molecule has 1 saturated heterocycles. The van der Waals surface area contributed by atoms with Crippen LogP contribution in [0.15, 0.2) is 54.7 Å². The standard InChI is InChI=1S/C26H28N2O2/c1-2-14-30-25-8-4-3-7-21(25)26(29)19-9-10-24-22(16-19)23(17-27-24)18-11-13-28-12-5-6-20(28)15-18/h3-4,7-11,16-17,20,27H,2,5-6,12-15H2,1H3. The van der Waals surface area contributed by atoms with E-state index >= 15 is 0 Å². The monoisotopic (exact) mass is 400 g/mol. The maximum absolute atomic E-state index is 13.3. The van der Waals surface area contributed by atoms with Crippen LogP contribution in [0.5, 0.6) is 5.75 Å². The Morgan fingerprint density at radius 3 is 3.03 bits per heavy atom. The van der Waals surface area contributed by atoms with Crippen molar-refractivity contribution in [2.24, 2.45) is 0 Å². The van der Waals surface area contributed by atoms with Gasteiger partial charge in [0.1, 0.15) is 5.75 Å². The molecular weight excluding hydrogens is 372 g/mol. The molecule has 1 fully saturated rings. The van der Waals surface area contributed by atoms with Crippen LogP contribution in [-0.4, -0.2) is 41.4 Å². The maximum Gasteiger partial charge on any atom is 0.196 e. The van der Waals surface area contributed by atoms with Crippen LogP contribution < -0.4 is 4.74 Å². The number of rotatable bonds is 6. The highest BCUT2D eigenvalue weighted by atomic mass is 16.5. The summed E-state index contributed by atoms with van der Waals surface area (Å²) >= 11 is 0. The number of carbonyl (C=O) groups excluding carboxylic acids is 1. The molecule has 4 nitrogen and oxygen atoms in total. The number of aromatic nitrogens is 1. The molecule has 0 aliphatic carbocycles. The number of ketones is 1. The molecule has 2 aliphatic heterocycles. The number of ether oxygens (including phenoxy) is 1. The van der Waals surface area contributed by atoms with E-state index in [1.165, 1.54) is 30.5 Å². The number of H-pyrrole nitrogens is 1. The number of carbonyl (C=O) groups is 1. The zero-order valence-corrected chi connectivity index (χ0v) is 17.5. The first-order valence-electron chi connectivity index (χ1n) is 11.1. The Hall–Kier alpha value is -2.85. The smallest absolute Gasteiger partial charge is 0.196 e. The van der Waals surface area contributed by atoms with Crippen molar-refractivity contribution in [3.8, 4) is 5.75 Å². The Balaban J connectivity index is 1.49. The van der Waals surface area contributed by atoms with Crippen molar-refractivity contribution < 1.29 is 9.53 Å². The Kier molecular flexibility index (Phi) is 5.17. The summed E-state index contributed by atoms with van der Waals surface area (Å²) in [4.78, 5) is 19.3. The number of para-hydroxylation sites is 1. The van der Waals surface area contributed by atoms with E-state index in [1.807, 2.05) is 42.5 Å². The van der Waals surface area contributed by atoms with Crippen LogP contribution in [-0.2, 0) is 0 Å². The van der Waals surface area contributed by atoms with Gasteiger partial charge in [-0.1, -0.05) is 25.1 Å². The van der Waals surface area contributed by atoms with Gasteiger partial charge in [-0.2, -0.15) is 0 Å². The summed E-state index contributed by atoms with van der Waals surface area (Å²) in [6.07, 6.45) is 9.07. The number of hydrogen-bond acceptors (Lipinski definition) is 3. The summed E-state index contributed by atoms with van der Waals surface area (Å²) in [5.41, 5.74) is 5.05. The largest absolute Gasteiger partial charge is 0.493 e. The summed E-state index contributed by atoms with van der Waals surface area (Å²) in [7, 11) is 0. The first-order chi connectivity index (χ1) is 14.7. The van der Waals surface area contributed by atoms with Crippen molar-refractivity contribution in [1.29, 1.82) is 0 Å². The maximum atomic E-state index is 13.3. The average Bonchev–Trinajstić information content (AvgIpc) is 3.43. The lowest BCUT2D eigenvalue weighted by Crippen LogP contribution is -2.32. The van der Waals surface area contributed by atoms with Crippen LogP contribution in [0.25, 0.3) is 16.5 Å². The van der Waals surface area contributed by atoms with Gasteiger partial charge in [0, 0.05) is 40.8 Å². The van der Waals surface area contributed by atoms with Gasteiger partial charge in [-0.25, -0.2) is 0 Å². The van der Waals surface area contributed by atoms with E-state index in [2.05, 4.69) is 29.1 Å². The molecule has 4 heteroatoms. The lowest BCUT2D eigenvalue weighted by molar-refractivity contribution is 0.103. The van der Waals surface area contributed by atoms with E-state index in [0.717, 1.165) is 30.3 Å². The van der Waals surface area contributed by atoms with Gasteiger partial charge >= 0.3 is 0 Å². The highest BCUT2D eigenvalue weighted by Gasteiger charge is 2.28. The lowest BCUT2D eigenvalue weighted by atomic mass is 9.93. The van der Waals surface area contributed by atoms with Gasteiger partial charge in [0.15, 0.2) is 5.78 Å². The number of nitrogens with zero attached hydrogens (tertiary/aromatic N) is 1. The fraction of sp³-hybridized carbons (Fsp3) is 0.346. The van der Waals surface area contributed by atoms with Crippen molar-refractivity contribution in [2.45, 2.75) is 38.6 Å². The Labute approximate surface area is 177 Å². The molecule has 154 valence electrons. The molecule has 0 spiro atoms. The number of hydrogen-bond donors (Lipinski definition) is 1. The zero-order valence-electron chi connectivity index (χ0n) is 17.5. The third-order valence-electron chi connectivity index (χ3n) is 6.41. The fourth-order valence-corrected chi connectivity index (χ4v) is 4.83. The topological polar surface area (TPSA) is 45.3 Å². The third-order valence-corrected chi connectivity index (χ3v) is 6.41. The summed E-state index contributed by atoms with van der Waals surface area (Å²) in [5.74, 6) is 0.672. The van der Waals surface area contributed by atoms with E-state index < -0.39 is 0 Å². The second-order valence-corrected chi connectivity index (χ2v) is 8.36. The summed E-state index contributed by atoms with van der Waals surface area (Å²) < 4.78 is 5.82. The van der Waals surface area contributed by atoms with Crippen LogP contribution >= 0.6 is 0 Å². The second-order valence-electron chi connectivity index (χ2n) is 8.36. The third kappa shape index (κ3) is 3.46. The molecule has 0 amide bonds. The highest BCUT2D eigenvalue weighted by molar-refractivity contribution is 6.12. The van der Waals surface area contributed by atoms with Gasteiger partial charge in [0.05, 0.1) is 12.2 Å². The Morgan fingerprint density at radius 2 is 2.13 bits per heavy atom. The number of aromatic amines is 1. The van der Waals surface area contributed by atoms with Crippen molar-refractivity contribution in [2.75, 3.05) is 19.7 Å².